The Hall–Kier alpha value is -0.860. The van der Waals surface area contributed by atoms with Crippen LogP contribution in [0.4, 0.5) is 0 Å². The van der Waals surface area contributed by atoms with E-state index in [4.69, 9.17) is 0 Å². The monoisotopic (exact) mass is 221 g/mol. The van der Waals surface area contributed by atoms with Crippen LogP contribution in [0, 0.1) is 0 Å². The van der Waals surface area contributed by atoms with Gasteiger partial charge in [-0.2, -0.15) is 0 Å². The molecule has 0 aliphatic heterocycles. The van der Waals surface area contributed by atoms with Crippen LogP contribution >= 0.6 is 0 Å². The van der Waals surface area contributed by atoms with E-state index in [1.165, 1.54) is 11.1 Å². The Labute approximate surface area is 98.7 Å². The SMILES string of the molecule is CCc1ccc(C(C)NC(C)C(C)O)cc1. The van der Waals surface area contributed by atoms with Crippen LogP contribution in [0.1, 0.15) is 44.9 Å². The lowest BCUT2D eigenvalue weighted by atomic mass is 10.0. The van der Waals surface area contributed by atoms with Gasteiger partial charge in [-0.05, 0) is 38.3 Å². The van der Waals surface area contributed by atoms with Crippen molar-refractivity contribution < 1.29 is 5.11 Å². The third kappa shape index (κ3) is 3.62. The Morgan fingerprint density at radius 3 is 2.12 bits per heavy atom. The lowest BCUT2D eigenvalue weighted by Gasteiger charge is -2.22. The number of nitrogens with one attached hydrogen (secondary N) is 1. The number of aryl methyl sites for hydroxylation is 1. The zero-order valence-corrected chi connectivity index (χ0v) is 10.7. The molecule has 3 unspecified atom stereocenters. The summed E-state index contributed by atoms with van der Waals surface area (Å²) in [7, 11) is 0. The number of hydrogen-bond donors (Lipinski definition) is 2. The Morgan fingerprint density at radius 1 is 1.12 bits per heavy atom. The number of aliphatic hydroxyl groups excluding tert-OH is 1. The van der Waals surface area contributed by atoms with Gasteiger partial charge >= 0.3 is 0 Å². The largest absolute Gasteiger partial charge is 0.392 e. The average molecular weight is 221 g/mol. The van der Waals surface area contributed by atoms with Gasteiger partial charge in [0.05, 0.1) is 6.10 Å². The molecule has 16 heavy (non-hydrogen) atoms. The van der Waals surface area contributed by atoms with Gasteiger partial charge in [-0.3, -0.25) is 0 Å². The predicted molar refractivity (Wildman–Crippen MR) is 68.5 cm³/mol. The quantitative estimate of drug-likeness (QED) is 0.801. The lowest BCUT2D eigenvalue weighted by Crippen LogP contribution is -2.37. The maximum Gasteiger partial charge on any atom is 0.0662 e. The first-order valence-electron chi connectivity index (χ1n) is 6.07. The average Bonchev–Trinajstić information content (AvgIpc) is 2.28. The van der Waals surface area contributed by atoms with E-state index >= 15 is 0 Å². The van der Waals surface area contributed by atoms with Crippen LogP contribution in [0.3, 0.4) is 0 Å². The number of benzene rings is 1. The summed E-state index contributed by atoms with van der Waals surface area (Å²) in [6, 6.07) is 9.04. The molecule has 0 saturated carbocycles. The van der Waals surface area contributed by atoms with Crippen molar-refractivity contribution in [2.45, 2.75) is 52.3 Å². The molecule has 90 valence electrons. The Balaban J connectivity index is 2.62. The molecule has 0 amide bonds. The zero-order chi connectivity index (χ0) is 12.1. The minimum atomic E-state index is -0.322. The van der Waals surface area contributed by atoms with Crippen molar-refractivity contribution in [2.24, 2.45) is 0 Å². The van der Waals surface area contributed by atoms with E-state index in [-0.39, 0.29) is 18.2 Å². The second kappa shape index (κ2) is 6.02. The highest BCUT2D eigenvalue weighted by molar-refractivity contribution is 5.24. The lowest BCUT2D eigenvalue weighted by molar-refractivity contribution is 0.147. The Bertz CT molecular complexity index is 305. The van der Waals surface area contributed by atoms with Crippen molar-refractivity contribution in [2.75, 3.05) is 0 Å². The number of hydrogen-bond acceptors (Lipinski definition) is 2. The molecule has 0 radical (unpaired) electrons. The van der Waals surface area contributed by atoms with E-state index in [0.29, 0.717) is 0 Å². The van der Waals surface area contributed by atoms with Gasteiger partial charge in [-0.15, -0.1) is 0 Å². The van der Waals surface area contributed by atoms with Crippen LogP contribution < -0.4 is 5.32 Å². The van der Waals surface area contributed by atoms with Crippen molar-refractivity contribution >= 4 is 0 Å². The fourth-order valence-corrected chi connectivity index (χ4v) is 1.67. The van der Waals surface area contributed by atoms with Gasteiger partial charge in [0.15, 0.2) is 0 Å². The van der Waals surface area contributed by atoms with Crippen LogP contribution in [-0.4, -0.2) is 17.3 Å². The van der Waals surface area contributed by atoms with Crippen LogP contribution in [-0.2, 0) is 6.42 Å². The molecule has 0 aromatic heterocycles. The highest BCUT2D eigenvalue weighted by Gasteiger charge is 2.12. The molecule has 0 aliphatic rings. The summed E-state index contributed by atoms with van der Waals surface area (Å²) in [5, 5.41) is 12.8. The molecule has 1 aromatic rings. The van der Waals surface area contributed by atoms with Gasteiger partial charge in [0.25, 0.3) is 0 Å². The second-order valence-corrected chi connectivity index (χ2v) is 4.51. The third-order valence-electron chi connectivity index (χ3n) is 3.12. The molecule has 0 bridgehead atoms. The number of rotatable bonds is 5. The predicted octanol–water partition coefficient (Wildman–Crippen LogP) is 2.67. The summed E-state index contributed by atoms with van der Waals surface area (Å²) in [6.45, 7) is 8.10. The Kier molecular flexibility index (Phi) is 4.97. The van der Waals surface area contributed by atoms with E-state index in [9.17, 15) is 5.11 Å². The molecule has 2 nitrogen and oxygen atoms in total. The van der Waals surface area contributed by atoms with E-state index in [1.54, 1.807) is 0 Å². The van der Waals surface area contributed by atoms with Crippen molar-refractivity contribution in [1.29, 1.82) is 0 Å². The van der Waals surface area contributed by atoms with Crippen LogP contribution in [0.15, 0.2) is 24.3 Å². The van der Waals surface area contributed by atoms with Gasteiger partial charge < -0.3 is 10.4 Å². The first kappa shape index (κ1) is 13.2. The molecule has 2 heteroatoms. The summed E-state index contributed by atoms with van der Waals surface area (Å²) in [6.07, 6.45) is 0.754. The van der Waals surface area contributed by atoms with Crippen molar-refractivity contribution in [3.05, 3.63) is 35.4 Å². The van der Waals surface area contributed by atoms with Crippen LogP contribution in [0.5, 0.6) is 0 Å². The van der Waals surface area contributed by atoms with E-state index in [0.717, 1.165) is 6.42 Å². The summed E-state index contributed by atoms with van der Waals surface area (Å²) < 4.78 is 0. The molecular formula is C14H23NO. The molecular weight excluding hydrogens is 198 g/mol. The van der Waals surface area contributed by atoms with Crippen molar-refractivity contribution in [1.82, 2.24) is 5.32 Å². The van der Waals surface area contributed by atoms with E-state index in [1.807, 2.05) is 13.8 Å². The van der Waals surface area contributed by atoms with Gasteiger partial charge in [-0.25, -0.2) is 0 Å². The standard InChI is InChI=1S/C14H23NO/c1-5-13-6-8-14(9-7-13)11(3)15-10(2)12(4)16/h6-12,15-16H,5H2,1-4H3. The minimum absolute atomic E-state index is 0.112. The maximum absolute atomic E-state index is 9.44. The molecule has 1 aromatic carbocycles. The maximum atomic E-state index is 9.44. The zero-order valence-electron chi connectivity index (χ0n) is 10.7. The first-order valence-corrected chi connectivity index (χ1v) is 6.07. The van der Waals surface area contributed by atoms with Crippen molar-refractivity contribution in [3.8, 4) is 0 Å². The molecule has 0 aliphatic carbocycles. The first-order chi connectivity index (χ1) is 7.54. The summed E-state index contributed by atoms with van der Waals surface area (Å²) in [4.78, 5) is 0. The van der Waals surface area contributed by atoms with Crippen LogP contribution in [0.25, 0.3) is 0 Å². The summed E-state index contributed by atoms with van der Waals surface area (Å²) >= 11 is 0. The fraction of sp³-hybridized carbons (Fsp3) is 0.571. The van der Waals surface area contributed by atoms with Crippen molar-refractivity contribution in [3.63, 3.8) is 0 Å². The molecule has 0 fully saturated rings. The molecule has 1 rings (SSSR count). The second-order valence-electron chi connectivity index (χ2n) is 4.51. The molecule has 0 heterocycles. The molecule has 0 spiro atoms. The fourth-order valence-electron chi connectivity index (χ4n) is 1.67. The molecule has 3 atom stereocenters. The Morgan fingerprint density at radius 2 is 1.69 bits per heavy atom. The number of aliphatic hydroxyl groups is 1. The van der Waals surface area contributed by atoms with Gasteiger partial charge in [-0.1, -0.05) is 31.2 Å². The smallest absolute Gasteiger partial charge is 0.0662 e. The van der Waals surface area contributed by atoms with Gasteiger partial charge in [0.2, 0.25) is 0 Å². The molecule has 2 N–H and O–H groups in total. The van der Waals surface area contributed by atoms with Gasteiger partial charge in [0, 0.05) is 12.1 Å². The highest BCUT2D eigenvalue weighted by Crippen LogP contribution is 2.14. The highest BCUT2D eigenvalue weighted by atomic mass is 16.3. The van der Waals surface area contributed by atoms with Crippen LogP contribution in [0.2, 0.25) is 0 Å². The van der Waals surface area contributed by atoms with Gasteiger partial charge in [0.1, 0.15) is 0 Å². The van der Waals surface area contributed by atoms with E-state index < -0.39 is 0 Å². The van der Waals surface area contributed by atoms with E-state index in [2.05, 4.69) is 43.4 Å². The third-order valence-corrected chi connectivity index (χ3v) is 3.12. The minimum Gasteiger partial charge on any atom is -0.392 e. The topological polar surface area (TPSA) is 32.3 Å². The summed E-state index contributed by atoms with van der Waals surface area (Å²) in [5.74, 6) is 0. The normalized spacial score (nSPS) is 16.8. The summed E-state index contributed by atoms with van der Waals surface area (Å²) in [5.41, 5.74) is 2.63. The molecule has 0 saturated heterocycles.